The summed E-state index contributed by atoms with van der Waals surface area (Å²) in [4.78, 5) is 0. The Morgan fingerprint density at radius 2 is 2.09 bits per heavy atom. The number of benzene rings is 1. The van der Waals surface area contributed by atoms with Gasteiger partial charge in [-0.2, -0.15) is 0 Å². The molecular formula is C19H27NO3. The summed E-state index contributed by atoms with van der Waals surface area (Å²) in [5, 5.41) is 14.0. The summed E-state index contributed by atoms with van der Waals surface area (Å²) in [6.07, 6.45) is 4.46. The van der Waals surface area contributed by atoms with E-state index in [2.05, 4.69) is 24.4 Å². The SMILES string of the molecule is CCOc1cccc2cc(C(C)NC3CCC(CO)CC3)oc12. The van der Waals surface area contributed by atoms with Gasteiger partial charge in [-0.1, -0.05) is 12.1 Å². The van der Waals surface area contributed by atoms with Crippen LogP contribution in [0.4, 0.5) is 0 Å². The second-order valence-corrected chi connectivity index (χ2v) is 6.54. The van der Waals surface area contributed by atoms with Gasteiger partial charge in [0.15, 0.2) is 11.3 Å². The van der Waals surface area contributed by atoms with E-state index in [4.69, 9.17) is 9.15 Å². The van der Waals surface area contributed by atoms with E-state index in [-0.39, 0.29) is 6.04 Å². The molecule has 4 nitrogen and oxygen atoms in total. The van der Waals surface area contributed by atoms with Crippen molar-refractivity contribution in [2.24, 2.45) is 5.92 Å². The molecule has 23 heavy (non-hydrogen) atoms. The maximum absolute atomic E-state index is 9.24. The molecular weight excluding hydrogens is 290 g/mol. The molecule has 1 heterocycles. The fourth-order valence-electron chi connectivity index (χ4n) is 3.49. The highest BCUT2D eigenvalue weighted by molar-refractivity contribution is 5.83. The van der Waals surface area contributed by atoms with Crippen molar-refractivity contribution in [1.29, 1.82) is 0 Å². The van der Waals surface area contributed by atoms with Crippen LogP contribution in [0, 0.1) is 5.92 Å². The van der Waals surface area contributed by atoms with Crippen molar-refractivity contribution in [2.75, 3.05) is 13.2 Å². The average Bonchev–Trinajstić information content (AvgIpc) is 3.01. The number of aliphatic hydroxyl groups is 1. The molecule has 1 saturated carbocycles. The minimum Gasteiger partial charge on any atom is -0.490 e. The van der Waals surface area contributed by atoms with Gasteiger partial charge in [0.2, 0.25) is 0 Å². The van der Waals surface area contributed by atoms with E-state index in [9.17, 15) is 5.11 Å². The molecule has 4 heteroatoms. The van der Waals surface area contributed by atoms with Crippen LogP contribution in [0.5, 0.6) is 5.75 Å². The van der Waals surface area contributed by atoms with E-state index in [1.54, 1.807) is 0 Å². The Hall–Kier alpha value is -1.52. The van der Waals surface area contributed by atoms with E-state index in [1.807, 2.05) is 19.1 Å². The average molecular weight is 317 g/mol. The van der Waals surface area contributed by atoms with Crippen molar-refractivity contribution >= 4 is 11.0 Å². The van der Waals surface area contributed by atoms with Crippen LogP contribution < -0.4 is 10.1 Å². The van der Waals surface area contributed by atoms with E-state index in [1.165, 1.54) is 0 Å². The van der Waals surface area contributed by atoms with Crippen LogP contribution in [0.2, 0.25) is 0 Å². The van der Waals surface area contributed by atoms with E-state index < -0.39 is 0 Å². The molecule has 126 valence electrons. The monoisotopic (exact) mass is 317 g/mol. The Balaban J connectivity index is 1.69. The number of rotatable bonds is 6. The molecule has 1 aliphatic carbocycles. The van der Waals surface area contributed by atoms with E-state index in [0.717, 1.165) is 48.2 Å². The van der Waals surface area contributed by atoms with Crippen molar-refractivity contribution in [1.82, 2.24) is 5.32 Å². The normalized spacial score (nSPS) is 23.1. The first-order chi connectivity index (χ1) is 11.2. The zero-order chi connectivity index (χ0) is 16.2. The fourth-order valence-corrected chi connectivity index (χ4v) is 3.49. The maximum atomic E-state index is 9.24. The van der Waals surface area contributed by atoms with Crippen molar-refractivity contribution in [2.45, 2.75) is 51.6 Å². The first-order valence-electron chi connectivity index (χ1n) is 8.73. The van der Waals surface area contributed by atoms with Gasteiger partial charge < -0.3 is 19.6 Å². The molecule has 2 aromatic rings. The van der Waals surface area contributed by atoms with Crippen LogP contribution in [-0.4, -0.2) is 24.4 Å². The molecule has 1 aromatic heterocycles. The topological polar surface area (TPSA) is 54.6 Å². The summed E-state index contributed by atoms with van der Waals surface area (Å²) in [5.41, 5.74) is 0.835. The van der Waals surface area contributed by atoms with E-state index in [0.29, 0.717) is 25.2 Å². The second-order valence-electron chi connectivity index (χ2n) is 6.54. The Labute approximate surface area is 137 Å². The maximum Gasteiger partial charge on any atom is 0.176 e. The van der Waals surface area contributed by atoms with Gasteiger partial charge in [-0.3, -0.25) is 0 Å². The third kappa shape index (κ3) is 3.70. The van der Waals surface area contributed by atoms with Crippen LogP contribution in [0.15, 0.2) is 28.7 Å². The van der Waals surface area contributed by atoms with Gasteiger partial charge in [0.1, 0.15) is 5.76 Å². The number of ether oxygens (including phenoxy) is 1. The molecule has 3 rings (SSSR count). The largest absolute Gasteiger partial charge is 0.490 e. The summed E-state index contributed by atoms with van der Waals surface area (Å²) in [5.74, 6) is 2.26. The lowest BCUT2D eigenvalue weighted by Crippen LogP contribution is -2.35. The lowest BCUT2D eigenvalue weighted by Gasteiger charge is -2.29. The summed E-state index contributed by atoms with van der Waals surface area (Å²) in [6.45, 7) is 5.09. The van der Waals surface area contributed by atoms with Gasteiger partial charge in [0.25, 0.3) is 0 Å². The van der Waals surface area contributed by atoms with Crippen molar-refractivity contribution < 1.29 is 14.3 Å². The summed E-state index contributed by atoms with van der Waals surface area (Å²) in [6, 6.07) is 8.80. The lowest BCUT2D eigenvalue weighted by atomic mass is 9.86. The Morgan fingerprint density at radius 1 is 1.30 bits per heavy atom. The molecule has 0 aliphatic heterocycles. The van der Waals surface area contributed by atoms with Crippen LogP contribution in [0.3, 0.4) is 0 Å². The van der Waals surface area contributed by atoms with Crippen LogP contribution in [-0.2, 0) is 0 Å². The van der Waals surface area contributed by atoms with Gasteiger partial charge >= 0.3 is 0 Å². The molecule has 0 saturated heterocycles. The highest BCUT2D eigenvalue weighted by atomic mass is 16.5. The Morgan fingerprint density at radius 3 is 2.78 bits per heavy atom. The lowest BCUT2D eigenvalue weighted by molar-refractivity contribution is 0.171. The zero-order valence-electron chi connectivity index (χ0n) is 14.0. The number of para-hydroxylation sites is 1. The first-order valence-corrected chi connectivity index (χ1v) is 8.73. The second kappa shape index (κ2) is 7.37. The molecule has 0 spiro atoms. The van der Waals surface area contributed by atoms with Gasteiger partial charge in [0, 0.05) is 18.0 Å². The first kappa shape index (κ1) is 16.3. The third-order valence-corrected chi connectivity index (χ3v) is 4.84. The summed E-state index contributed by atoms with van der Waals surface area (Å²) in [7, 11) is 0. The molecule has 0 bridgehead atoms. The third-order valence-electron chi connectivity index (χ3n) is 4.84. The fraction of sp³-hybridized carbons (Fsp3) is 0.579. The minimum absolute atomic E-state index is 0.174. The number of fused-ring (bicyclic) bond motifs is 1. The van der Waals surface area contributed by atoms with Crippen LogP contribution >= 0.6 is 0 Å². The van der Waals surface area contributed by atoms with Gasteiger partial charge in [0.05, 0.1) is 12.6 Å². The van der Waals surface area contributed by atoms with Crippen molar-refractivity contribution in [3.05, 3.63) is 30.0 Å². The standard InChI is InChI=1S/C19H27NO3/c1-3-22-17-6-4-5-15-11-18(23-19(15)17)13(2)20-16-9-7-14(12-21)8-10-16/h4-6,11,13-14,16,20-21H,3,7-10,12H2,1-2H3. The summed E-state index contributed by atoms with van der Waals surface area (Å²) < 4.78 is 11.7. The predicted octanol–water partition coefficient (Wildman–Crippen LogP) is 4.03. The van der Waals surface area contributed by atoms with Crippen LogP contribution in [0.1, 0.15) is 51.3 Å². The van der Waals surface area contributed by atoms with Crippen molar-refractivity contribution in [3.63, 3.8) is 0 Å². The van der Waals surface area contributed by atoms with Gasteiger partial charge in [-0.05, 0) is 57.6 Å². The molecule has 2 N–H and O–H groups in total. The van der Waals surface area contributed by atoms with Gasteiger partial charge in [-0.25, -0.2) is 0 Å². The highest BCUT2D eigenvalue weighted by Crippen LogP contribution is 2.32. The number of aliphatic hydroxyl groups excluding tert-OH is 1. The van der Waals surface area contributed by atoms with E-state index >= 15 is 0 Å². The smallest absolute Gasteiger partial charge is 0.176 e. The molecule has 1 atom stereocenters. The van der Waals surface area contributed by atoms with Crippen molar-refractivity contribution in [3.8, 4) is 5.75 Å². The molecule has 1 aliphatic rings. The number of nitrogens with one attached hydrogen (secondary N) is 1. The summed E-state index contributed by atoms with van der Waals surface area (Å²) >= 11 is 0. The number of furan rings is 1. The highest BCUT2D eigenvalue weighted by Gasteiger charge is 2.23. The zero-order valence-corrected chi connectivity index (χ0v) is 14.0. The molecule has 1 unspecified atom stereocenters. The van der Waals surface area contributed by atoms with Crippen LogP contribution in [0.25, 0.3) is 11.0 Å². The number of hydrogen-bond donors (Lipinski definition) is 2. The molecule has 0 radical (unpaired) electrons. The van der Waals surface area contributed by atoms with Gasteiger partial charge in [-0.15, -0.1) is 0 Å². The molecule has 0 amide bonds. The Kier molecular flexibility index (Phi) is 5.23. The minimum atomic E-state index is 0.174. The number of hydrogen-bond acceptors (Lipinski definition) is 4. The quantitative estimate of drug-likeness (QED) is 0.844. The Bertz CT molecular complexity index is 629. The molecule has 1 aromatic carbocycles. The molecule has 1 fully saturated rings. The predicted molar refractivity (Wildman–Crippen MR) is 91.8 cm³/mol.